The molecule has 7 nitrogen and oxygen atoms in total. The zero-order chi connectivity index (χ0) is 21.1. The van der Waals surface area contributed by atoms with Crippen molar-refractivity contribution >= 4 is 17.5 Å². The zero-order valence-electron chi connectivity index (χ0n) is 17.1. The molecule has 2 amide bonds. The smallest absolute Gasteiger partial charge is 0.253 e. The van der Waals surface area contributed by atoms with Crippen LogP contribution in [0.4, 0.5) is 5.69 Å². The number of nitrogens with one attached hydrogen (secondary N) is 1. The molecular weight excluding hydrogens is 380 g/mol. The highest BCUT2D eigenvalue weighted by molar-refractivity contribution is 5.94. The van der Waals surface area contributed by atoms with Crippen molar-refractivity contribution in [3.8, 4) is 11.4 Å². The van der Waals surface area contributed by atoms with Gasteiger partial charge in [-0.25, -0.2) is 0 Å². The predicted molar refractivity (Wildman–Crippen MR) is 113 cm³/mol. The normalized spacial score (nSPS) is 14.5. The van der Waals surface area contributed by atoms with E-state index in [0.717, 1.165) is 35.2 Å². The first-order chi connectivity index (χ1) is 14.5. The Morgan fingerprint density at radius 3 is 2.33 bits per heavy atom. The molecule has 2 heterocycles. The van der Waals surface area contributed by atoms with E-state index in [4.69, 9.17) is 4.52 Å². The molecule has 0 radical (unpaired) electrons. The van der Waals surface area contributed by atoms with Gasteiger partial charge in [0, 0.05) is 42.7 Å². The van der Waals surface area contributed by atoms with Gasteiger partial charge >= 0.3 is 0 Å². The standard InChI is InChI=1S/C23H24N4O3/c1-15-3-5-19(6-4-15)23(29)27-13-11-18(12-14-27)22-25-21(26-30-22)17-7-9-20(10-8-17)24-16(2)28/h3-10,18H,11-14H2,1-2H3,(H,24,28). The highest BCUT2D eigenvalue weighted by atomic mass is 16.5. The molecule has 4 rings (SSSR count). The number of hydrogen-bond donors (Lipinski definition) is 1. The average Bonchev–Trinajstić information content (AvgIpc) is 3.24. The second-order valence-electron chi connectivity index (χ2n) is 7.65. The van der Waals surface area contributed by atoms with Gasteiger partial charge in [0.25, 0.3) is 5.91 Å². The van der Waals surface area contributed by atoms with Gasteiger partial charge < -0.3 is 14.7 Å². The van der Waals surface area contributed by atoms with Gasteiger partial charge in [-0.2, -0.15) is 4.98 Å². The highest BCUT2D eigenvalue weighted by Gasteiger charge is 2.28. The van der Waals surface area contributed by atoms with Crippen LogP contribution in [0.15, 0.2) is 53.1 Å². The Morgan fingerprint density at radius 2 is 1.70 bits per heavy atom. The largest absolute Gasteiger partial charge is 0.339 e. The van der Waals surface area contributed by atoms with Gasteiger partial charge in [0.1, 0.15) is 0 Å². The van der Waals surface area contributed by atoms with Crippen LogP contribution >= 0.6 is 0 Å². The van der Waals surface area contributed by atoms with Crippen molar-refractivity contribution in [3.05, 3.63) is 65.5 Å². The Balaban J connectivity index is 1.37. The lowest BCUT2D eigenvalue weighted by Crippen LogP contribution is -2.38. The SMILES string of the molecule is CC(=O)Nc1ccc(-c2noc(C3CCN(C(=O)c4ccc(C)cc4)CC3)n2)cc1. The van der Waals surface area contributed by atoms with Crippen molar-refractivity contribution in [1.29, 1.82) is 0 Å². The number of carbonyl (C=O) groups excluding carboxylic acids is 2. The monoisotopic (exact) mass is 404 g/mol. The lowest BCUT2D eigenvalue weighted by molar-refractivity contribution is -0.114. The van der Waals surface area contributed by atoms with Crippen molar-refractivity contribution in [2.24, 2.45) is 0 Å². The maximum absolute atomic E-state index is 12.7. The quantitative estimate of drug-likeness (QED) is 0.709. The number of carbonyl (C=O) groups is 2. The maximum atomic E-state index is 12.7. The third-order valence-electron chi connectivity index (χ3n) is 5.34. The van der Waals surface area contributed by atoms with Crippen molar-refractivity contribution in [3.63, 3.8) is 0 Å². The Kier molecular flexibility index (Phi) is 5.61. The zero-order valence-corrected chi connectivity index (χ0v) is 17.1. The van der Waals surface area contributed by atoms with Crippen molar-refractivity contribution in [2.45, 2.75) is 32.6 Å². The summed E-state index contributed by atoms with van der Waals surface area (Å²) in [5, 5.41) is 6.84. The second kappa shape index (κ2) is 8.49. The molecule has 0 saturated carbocycles. The summed E-state index contributed by atoms with van der Waals surface area (Å²) in [6.45, 7) is 4.82. The van der Waals surface area contributed by atoms with Crippen molar-refractivity contribution < 1.29 is 14.1 Å². The minimum atomic E-state index is -0.114. The first-order valence-electron chi connectivity index (χ1n) is 10.1. The molecule has 1 aliphatic rings. The molecule has 1 aromatic heterocycles. The average molecular weight is 404 g/mol. The number of likely N-dealkylation sites (tertiary alicyclic amines) is 1. The summed E-state index contributed by atoms with van der Waals surface area (Å²) < 4.78 is 5.51. The fraction of sp³-hybridized carbons (Fsp3) is 0.304. The van der Waals surface area contributed by atoms with Gasteiger partial charge in [-0.05, 0) is 56.2 Å². The Morgan fingerprint density at radius 1 is 1.03 bits per heavy atom. The van der Waals surface area contributed by atoms with Crippen LogP contribution in [0.1, 0.15) is 47.5 Å². The molecule has 0 spiro atoms. The molecule has 30 heavy (non-hydrogen) atoms. The van der Waals surface area contributed by atoms with Crippen LogP contribution in [-0.4, -0.2) is 39.9 Å². The Bertz CT molecular complexity index is 1030. The predicted octanol–water partition coefficient (Wildman–Crippen LogP) is 4.02. The van der Waals surface area contributed by atoms with Crippen molar-refractivity contribution in [1.82, 2.24) is 15.0 Å². The van der Waals surface area contributed by atoms with Crippen LogP contribution in [-0.2, 0) is 4.79 Å². The molecule has 0 aliphatic carbocycles. The summed E-state index contributed by atoms with van der Waals surface area (Å²) in [4.78, 5) is 30.3. The molecule has 0 unspecified atom stereocenters. The van der Waals surface area contributed by atoms with Crippen LogP contribution in [0.3, 0.4) is 0 Å². The fourth-order valence-electron chi connectivity index (χ4n) is 3.63. The number of piperidine rings is 1. The Hall–Kier alpha value is -3.48. The van der Waals surface area contributed by atoms with E-state index in [2.05, 4.69) is 15.5 Å². The van der Waals surface area contributed by atoms with Crippen LogP contribution in [0.25, 0.3) is 11.4 Å². The molecule has 1 N–H and O–H groups in total. The van der Waals surface area contributed by atoms with E-state index < -0.39 is 0 Å². The van der Waals surface area contributed by atoms with Gasteiger partial charge in [-0.15, -0.1) is 0 Å². The van der Waals surface area contributed by atoms with Gasteiger partial charge in [0.2, 0.25) is 17.6 Å². The molecule has 0 atom stereocenters. The van der Waals surface area contributed by atoms with Gasteiger partial charge in [-0.3, -0.25) is 9.59 Å². The van der Waals surface area contributed by atoms with E-state index >= 15 is 0 Å². The molecule has 154 valence electrons. The van der Waals surface area contributed by atoms with E-state index in [1.165, 1.54) is 6.92 Å². The summed E-state index contributed by atoms with van der Waals surface area (Å²) in [6.07, 6.45) is 1.58. The summed E-state index contributed by atoms with van der Waals surface area (Å²) in [5.41, 5.74) is 3.41. The lowest BCUT2D eigenvalue weighted by Gasteiger charge is -2.30. The summed E-state index contributed by atoms with van der Waals surface area (Å²) in [7, 11) is 0. The number of anilines is 1. The van der Waals surface area contributed by atoms with Crippen LogP contribution in [0.2, 0.25) is 0 Å². The van der Waals surface area contributed by atoms with Crippen LogP contribution < -0.4 is 5.32 Å². The molecule has 1 aliphatic heterocycles. The van der Waals surface area contributed by atoms with E-state index in [-0.39, 0.29) is 17.7 Å². The molecule has 2 aromatic carbocycles. The Labute approximate surface area is 175 Å². The minimum Gasteiger partial charge on any atom is -0.339 e. The molecular formula is C23H24N4O3. The number of nitrogens with zero attached hydrogens (tertiary/aromatic N) is 3. The number of hydrogen-bond acceptors (Lipinski definition) is 5. The number of aromatic nitrogens is 2. The van der Waals surface area contributed by atoms with E-state index in [9.17, 15) is 9.59 Å². The summed E-state index contributed by atoms with van der Waals surface area (Å²) in [6, 6.07) is 15.0. The number of aryl methyl sites for hydroxylation is 1. The summed E-state index contributed by atoms with van der Waals surface area (Å²) in [5.74, 6) is 1.23. The first-order valence-corrected chi connectivity index (χ1v) is 10.1. The molecule has 3 aromatic rings. The number of amides is 2. The number of rotatable bonds is 4. The summed E-state index contributed by atoms with van der Waals surface area (Å²) >= 11 is 0. The van der Waals surface area contributed by atoms with E-state index in [1.54, 1.807) is 0 Å². The van der Waals surface area contributed by atoms with Gasteiger partial charge in [0.15, 0.2) is 0 Å². The van der Waals surface area contributed by atoms with E-state index in [1.807, 2.05) is 60.4 Å². The van der Waals surface area contributed by atoms with E-state index in [0.29, 0.717) is 24.8 Å². The third-order valence-corrected chi connectivity index (χ3v) is 5.34. The molecule has 0 bridgehead atoms. The molecule has 7 heteroatoms. The maximum Gasteiger partial charge on any atom is 0.253 e. The van der Waals surface area contributed by atoms with Crippen molar-refractivity contribution in [2.75, 3.05) is 18.4 Å². The van der Waals surface area contributed by atoms with Gasteiger partial charge in [0.05, 0.1) is 0 Å². The van der Waals surface area contributed by atoms with Crippen LogP contribution in [0.5, 0.6) is 0 Å². The van der Waals surface area contributed by atoms with Crippen LogP contribution in [0, 0.1) is 6.92 Å². The molecule has 1 fully saturated rings. The molecule has 1 saturated heterocycles. The number of benzene rings is 2. The fourth-order valence-corrected chi connectivity index (χ4v) is 3.63. The highest BCUT2D eigenvalue weighted by Crippen LogP contribution is 2.29. The topological polar surface area (TPSA) is 88.3 Å². The third kappa shape index (κ3) is 4.40. The minimum absolute atomic E-state index is 0.0685. The van der Waals surface area contributed by atoms with Gasteiger partial charge in [-0.1, -0.05) is 22.9 Å². The lowest BCUT2D eigenvalue weighted by atomic mass is 9.96. The second-order valence-corrected chi connectivity index (χ2v) is 7.65. The first kappa shape index (κ1) is 19.8.